The van der Waals surface area contributed by atoms with Crippen molar-refractivity contribution < 1.29 is 22.3 Å². The molecule has 0 aliphatic carbocycles. The van der Waals surface area contributed by atoms with Crippen LogP contribution in [0.1, 0.15) is 38.3 Å². The van der Waals surface area contributed by atoms with Gasteiger partial charge in [-0.15, -0.1) is 0 Å². The Kier molecular flexibility index (Phi) is 8.30. The van der Waals surface area contributed by atoms with E-state index in [2.05, 4.69) is 10.0 Å². The standard InChI is InChI=1S/C16H25FN2O4S/c1-12(2)23-10-4-9-18-16(20)11-15(19-24(3,21)22)13-5-7-14(17)8-6-13/h5-8,12,15,19H,4,9-11H2,1-3H3,(H,18,20)/t15-/m0/s1. The van der Waals surface area contributed by atoms with E-state index in [1.54, 1.807) is 0 Å². The summed E-state index contributed by atoms with van der Waals surface area (Å²) in [7, 11) is -3.51. The number of carbonyl (C=O) groups is 1. The first-order chi connectivity index (χ1) is 11.2. The van der Waals surface area contributed by atoms with Gasteiger partial charge in [-0.3, -0.25) is 4.79 Å². The first-order valence-electron chi connectivity index (χ1n) is 7.78. The summed E-state index contributed by atoms with van der Waals surface area (Å²) >= 11 is 0. The van der Waals surface area contributed by atoms with Gasteiger partial charge in [0, 0.05) is 19.6 Å². The van der Waals surface area contributed by atoms with Crippen molar-refractivity contribution in [3.05, 3.63) is 35.6 Å². The topological polar surface area (TPSA) is 84.5 Å². The molecule has 0 saturated carbocycles. The Bertz CT molecular complexity index is 617. The van der Waals surface area contributed by atoms with Gasteiger partial charge in [-0.05, 0) is 38.0 Å². The van der Waals surface area contributed by atoms with Crippen LogP contribution >= 0.6 is 0 Å². The van der Waals surface area contributed by atoms with Gasteiger partial charge in [-0.2, -0.15) is 0 Å². The van der Waals surface area contributed by atoms with Crippen LogP contribution in [-0.2, 0) is 19.6 Å². The molecule has 0 aliphatic rings. The van der Waals surface area contributed by atoms with E-state index in [0.717, 1.165) is 6.26 Å². The second kappa shape index (κ2) is 9.71. The molecule has 0 spiro atoms. The smallest absolute Gasteiger partial charge is 0.221 e. The van der Waals surface area contributed by atoms with Crippen LogP contribution in [0.4, 0.5) is 4.39 Å². The SMILES string of the molecule is CC(C)OCCCNC(=O)C[C@H](NS(C)(=O)=O)c1ccc(F)cc1. The van der Waals surface area contributed by atoms with E-state index in [1.165, 1.54) is 24.3 Å². The molecule has 1 aromatic carbocycles. The van der Waals surface area contributed by atoms with Crippen LogP contribution in [0.5, 0.6) is 0 Å². The van der Waals surface area contributed by atoms with Crippen molar-refractivity contribution >= 4 is 15.9 Å². The van der Waals surface area contributed by atoms with Crippen LogP contribution < -0.4 is 10.0 Å². The van der Waals surface area contributed by atoms with Crippen molar-refractivity contribution in [2.24, 2.45) is 0 Å². The molecule has 0 radical (unpaired) electrons. The van der Waals surface area contributed by atoms with Crippen LogP contribution in [0.3, 0.4) is 0 Å². The van der Waals surface area contributed by atoms with Crippen LogP contribution in [-0.4, -0.2) is 39.8 Å². The molecule has 1 atom stereocenters. The fourth-order valence-electron chi connectivity index (χ4n) is 2.06. The molecule has 1 rings (SSSR count). The Morgan fingerprint density at radius 1 is 1.25 bits per heavy atom. The number of benzene rings is 1. The Balaban J connectivity index is 2.58. The minimum Gasteiger partial charge on any atom is -0.379 e. The third kappa shape index (κ3) is 8.95. The van der Waals surface area contributed by atoms with Gasteiger partial charge in [-0.25, -0.2) is 17.5 Å². The zero-order chi connectivity index (χ0) is 18.2. The lowest BCUT2D eigenvalue weighted by atomic mass is 10.0. The third-order valence-corrected chi connectivity index (χ3v) is 3.83. The summed E-state index contributed by atoms with van der Waals surface area (Å²) < 4.78 is 43.8. The largest absolute Gasteiger partial charge is 0.379 e. The number of amides is 1. The molecular weight excluding hydrogens is 335 g/mol. The Labute approximate surface area is 142 Å². The summed E-state index contributed by atoms with van der Waals surface area (Å²) in [5, 5.41) is 2.73. The maximum atomic E-state index is 13.0. The highest BCUT2D eigenvalue weighted by Crippen LogP contribution is 2.18. The lowest BCUT2D eigenvalue weighted by molar-refractivity contribution is -0.121. The van der Waals surface area contributed by atoms with Gasteiger partial charge in [0.25, 0.3) is 0 Å². The van der Waals surface area contributed by atoms with Crippen molar-refractivity contribution in [2.75, 3.05) is 19.4 Å². The van der Waals surface area contributed by atoms with Gasteiger partial charge in [0.2, 0.25) is 15.9 Å². The number of rotatable bonds is 10. The van der Waals surface area contributed by atoms with E-state index in [1.807, 2.05) is 13.8 Å². The summed E-state index contributed by atoms with van der Waals surface area (Å²) in [6, 6.07) is 4.64. The fourth-order valence-corrected chi connectivity index (χ4v) is 2.79. The van der Waals surface area contributed by atoms with Gasteiger partial charge < -0.3 is 10.1 Å². The average molecular weight is 360 g/mol. The first-order valence-corrected chi connectivity index (χ1v) is 9.67. The first kappa shape index (κ1) is 20.5. The average Bonchev–Trinajstić information content (AvgIpc) is 2.45. The zero-order valence-electron chi connectivity index (χ0n) is 14.2. The molecule has 24 heavy (non-hydrogen) atoms. The molecule has 0 fully saturated rings. The number of halogens is 1. The number of carbonyl (C=O) groups excluding carboxylic acids is 1. The molecule has 1 amide bonds. The van der Waals surface area contributed by atoms with E-state index < -0.39 is 21.9 Å². The highest BCUT2D eigenvalue weighted by atomic mass is 32.2. The van der Waals surface area contributed by atoms with E-state index in [4.69, 9.17) is 4.74 Å². The molecule has 6 nitrogen and oxygen atoms in total. The predicted molar refractivity (Wildman–Crippen MR) is 90.5 cm³/mol. The van der Waals surface area contributed by atoms with Crippen molar-refractivity contribution in [3.8, 4) is 0 Å². The van der Waals surface area contributed by atoms with Crippen molar-refractivity contribution in [1.29, 1.82) is 0 Å². The quantitative estimate of drug-likeness (QED) is 0.623. The lowest BCUT2D eigenvalue weighted by Gasteiger charge is -2.18. The van der Waals surface area contributed by atoms with Crippen LogP contribution in [0.25, 0.3) is 0 Å². The normalized spacial score (nSPS) is 13.0. The minimum atomic E-state index is -3.51. The van der Waals surface area contributed by atoms with Gasteiger partial charge >= 0.3 is 0 Å². The Hall–Kier alpha value is -1.51. The molecule has 0 unspecified atom stereocenters. The maximum absolute atomic E-state index is 13.0. The Morgan fingerprint density at radius 2 is 1.88 bits per heavy atom. The summed E-state index contributed by atoms with van der Waals surface area (Å²) in [5.41, 5.74) is 0.528. The minimum absolute atomic E-state index is 0.0657. The van der Waals surface area contributed by atoms with Crippen LogP contribution in [0, 0.1) is 5.82 Å². The van der Waals surface area contributed by atoms with E-state index >= 15 is 0 Å². The molecule has 0 heterocycles. The Morgan fingerprint density at radius 3 is 2.42 bits per heavy atom. The van der Waals surface area contributed by atoms with Gasteiger partial charge in [-0.1, -0.05) is 12.1 Å². The number of ether oxygens (including phenoxy) is 1. The van der Waals surface area contributed by atoms with Crippen molar-refractivity contribution in [3.63, 3.8) is 0 Å². The fraction of sp³-hybridized carbons (Fsp3) is 0.562. The molecule has 0 bridgehead atoms. The molecule has 0 aliphatic heterocycles. The summed E-state index contributed by atoms with van der Waals surface area (Å²) in [6.07, 6.45) is 1.77. The highest BCUT2D eigenvalue weighted by Gasteiger charge is 2.19. The summed E-state index contributed by atoms with van der Waals surface area (Å²) in [6.45, 7) is 4.85. The van der Waals surface area contributed by atoms with Gasteiger partial charge in [0.05, 0.1) is 18.4 Å². The molecule has 1 aromatic rings. The van der Waals surface area contributed by atoms with Crippen LogP contribution in [0.2, 0.25) is 0 Å². The zero-order valence-corrected chi connectivity index (χ0v) is 15.0. The van der Waals surface area contributed by atoms with E-state index in [0.29, 0.717) is 25.1 Å². The summed E-state index contributed by atoms with van der Waals surface area (Å²) in [4.78, 5) is 12.0. The van der Waals surface area contributed by atoms with Crippen molar-refractivity contribution in [1.82, 2.24) is 10.0 Å². The number of sulfonamides is 1. The number of hydrogen-bond acceptors (Lipinski definition) is 4. The second-order valence-corrected chi connectivity index (χ2v) is 7.60. The molecule has 8 heteroatoms. The van der Waals surface area contributed by atoms with E-state index in [-0.39, 0.29) is 18.4 Å². The monoisotopic (exact) mass is 360 g/mol. The molecular formula is C16H25FN2O4S. The maximum Gasteiger partial charge on any atom is 0.221 e. The van der Waals surface area contributed by atoms with Crippen molar-refractivity contribution in [2.45, 2.75) is 38.8 Å². The van der Waals surface area contributed by atoms with Crippen LogP contribution in [0.15, 0.2) is 24.3 Å². The number of nitrogens with one attached hydrogen (secondary N) is 2. The molecule has 136 valence electrons. The van der Waals surface area contributed by atoms with Gasteiger partial charge in [0.15, 0.2) is 0 Å². The molecule has 0 aromatic heterocycles. The number of hydrogen-bond donors (Lipinski definition) is 2. The third-order valence-electron chi connectivity index (χ3n) is 3.11. The van der Waals surface area contributed by atoms with E-state index in [9.17, 15) is 17.6 Å². The highest BCUT2D eigenvalue weighted by molar-refractivity contribution is 7.88. The van der Waals surface area contributed by atoms with Gasteiger partial charge in [0.1, 0.15) is 5.82 Å². The molecule has 2 N–H and O–H groups in total. The second-order valence-electron chi connectivity index (χ2n) is 5.82. The predicted octanol–water partition coefficient (Wildman–Crippen LogP) is 1.74. The molecule has 0 saturated heterocycles. The lowest BCUT2D eigenvalue weighted by Crippen LogP contribution is -2.33. The summed E-state index contributed by atoms with van der Waals surface area (Å²) in [5.74, 6) is -0.712.